The van der Waals surface area contributed by atoms with E-state index in [1.807, 2.05) is 0 Å². The van der Waals surface area contributed by atoms with Crippen LogP contribution in [0, 0.1) is 0 Å². The smallest absolute Gasteiger partial charge is 0.356 e. The summed E-state index contributed by atoms with van der Waals surface area (Å²) in [5.41, 5.74) is 5.05. The van der Waals surface area contributed by atoms with Gasteiger partial charge in [-0.1, -0.05) is 5.16 Å². The zero-order valence-corrected chi connectivity index (χ0v) is 7.15. The summed E-state index contributed by atoms with van der Waals surface area (Å²) in [5, 5.41) is 3.40. The topological polar surface area (TPSA) is 91.0 Å². The second-order valence-corrected chi connectivity index (χ2v) is 2.46. The molecule has 6 heteroatoms. The van der Waals surface area contributed by atoms with Gasteiger partial charge in [-0.3, -0.25) is 4.79 Å². The average Bonchev–Trinajstić information content (AvgIpc) is 2.52. The third-order valence-electron chi connectivity index (χ3n) is 1.50. The molecule has 0 fully saturated rings. The van der Waals surface area contributed by atoms with E-state index in [0.717, 1.165) is 0 Å². The standard InChI is InChI=1S/C7H10N2O4/c1-2-12-7(11)4-3-5(6(8)10)13-9-4/h5H,2-3H2,1H3,(H2,8,10). The van der Waals surface area contributed by atoms with E-state index in [1.54, 1.807) is 6.92 Å². The van der Waals surface area contributed by atoms with Crippen molar-refractivity contribution in [2.45, 2.75) is 19.4 Å². The molecule has 72 valence electrons. The van der Waals surface area contributed by atoms with Gasteiger partial charge in [0.25, 0.3) is 5.91 Å². The van der Waals surface area contributed by atoms with Crippen LogP contribution in [0.15, 0.2) is 5.16 Å². The number of hydrogen-bond donors (Lipinski definition) is 1. The first-order valence-electron chi connectivity index (χ1n) is 3.84. The Kier molecular flexibility index (Phi) is 2.84. The Hall–Kier alpha value is -1.59. The van der Waals surface area contributed by atoms with E-state index >= 15 is 0 Å². The van der Waals surface area contributed by atoms with Gasteiger partial charge in [-0.15, -0.1) is 0 Å². The predicted molar refractivity (Wildman–Crippen MR) is 42.8 cm³/mol. The van der Waals surface area contributed by atoms with Gasteiger partial charge in [0.05, 0.1) is 6.61 Å². The lowest BCUT2D eigenvalue weighted by molar-refractivity contribution is -0.135. The van der Waals surface area contributed by atoms with Crippen LogP contribution in [0.3, 0.4) is 0 Å². The number of oxime groups is 1. The lowest BCUT2D eigenvalue weighted by atomic mass is 10.2. The predicted octanol–water partition coefficient (Wildman–Crippen LogP) is -0.820. The quantitative estimate of drug-likeness (QED) is 0.583. The summed E-state index contributed by atoms with van der Waals surface area (Å²) in [7, 11) is 0. The molecule has 1 amide bonds. The molecule has 1 aliphatic rings. The Morgan fingerprint density at radius 2 is 2.46 bits per heavy atom. The maximum absolute atomic E-state index is 11.0. The molecule has 1 rings (SSSR count). The van der Waals surface area contributed by atoms with E-state index in [1.165, 1.54) is 0 Å². The van der Waals surface area contributed by atoms with E-state index in [0.29, 0.717) is 0 Å². The third kappa shape index (κ3) is 2.17. The highest BCUT2D eigenvalue weighted by molar-refractivity contribution is 6.37. The Bertz CT molecular complexity index is 261. The fourth-order valence-electron chi connectivity index (χ4n) is 0.865. The summed E-state index contributed by atoms with van der Waals surface area (Å²) in [6, 6.07) is 0. The molecule has 0 radical (unpaired) electrons. The third-order valence-corrected chi connectivity index (χ3v) is 1.50. The number of ether oxygens (including phenoxy) is 1. The summed E-state index contributed by atoms with van der Waals surface area (Å²) in [4.78, 5) is 26.2. The molecular formula is C7H10N2O4. The number of amides is 1. The average molecular weight is 186 g/mol. The minimum absolute atomic E-state index is 0.0914. The second kappa shape index (κ2) is 3.88. The molecule has 1 atom stereocenters. The molecule has 0 aromatic carbocycles. The van der Waals surface area contributed by atoms with E-state index < -0.39 is 18.0 Å². The Labute approximate surface area is 74.7 Å². The highest BCUT2D eigenvalue weighted by Crippen LogP contribution is 2.10. The first-order valence-corrected chi connectivity index (χ1v) is 3.84. The number of nitrogens with two attached hydrogens (primary N) is 1. The van der Waals surface area contributed by atoms with Crippen LogP contribution >= 0.6 is 0 Å². The van der Waals surface area contributed by atoms with Gasteiger partial charge in [0.2, 0.25) is 6.10 Å². The van der Waals surface area contributed by atoms with Crippen molar-refractivity contribution in [3.8, 4) is 0 Å². The fourth-order valence-corrected chi connectivity index (χ4v) is 0.865. The molecule has 0 aromatic rings. The molecule has 0 saturated heterocycles. The van der Waals surface area contributed by atoms with Crippen LogP contribution in [0.25, 0.3) is 0 Å². The minimum atomic E-state index is -0.834. The normalized spacial score (nSPS) is 20.4. The van der Waals surface area contributed by atoms with Gasteiger partial charge in [0.15, 0.2) is 5.71 Å². The van der Waals surface area contributed by atoms with Gasteiger partial charge in [-0.05, 0) is 6.92 Å². The van der Waals surface area contributed by atoms with Crippen molar-refractivity contribution < 1.29 is 19.2 Å². The highest BCUT2D eigenvalue weighted by Gasteiger charge is 2.30. The molecule has 0 bridgehead atoms. The fraction of sp³-hybridized carbons (Fsp3) is 0.571. The molecule has 1 heterocycles. The number of rotatable bonds is 3. The summed E-state index contributed by atoms with van der Waals surface area (Å²) >= 11 is 0. The maximum Gasteiger partial charge on any atom is 0.356 e. The number of nitrogens with zero attached hydrogens (tertiary/aromatic N) is 1. The number of hydrogen-bond acceptors (Lipinski definition) is 5. The lowest BCUT2D eigenvalue weighted by Crippen LogP contribution is -2.29. The van der Waals surface area contributed by atoms with E-state index in [4.69, 9.17) is 5.73 Å². The molecule has 1 unspecified atom stereocenters. The van der Waals surface area contributed by atoms with Gasteiger partial charge >= 0.3 is 5.97 Å². The van der Waals surface area contributed by atoms with Gasteiger partial charge in [-0.2, -0.15) is 0 Å². The highest BCUT2D eigenvalue weighted by atomic mass is 16.7. The van der Waals surface area contributed by atoms with Crippen molar-refractivity contribution in [2.75, 3.05) is 6.61 Å². The molecule has 0 aliphatic carbocycles. The first-order chi connectivity index (χ1) is 6.15. The summed E-state index contributed by atoms with van der Waals surface area (Å²) in [5.74, 6) is -1.20. The molecule has 13 heavy (non-hydrogen) atoms. The van der Waals surface area contributed by atoms with Crippen LogP contribution in [-0.2, 0) is 19.2 Å². The van der Waals surface area contributed by atoms with E-state index in [9.17, 15) is 9.59 Å². The van der Waals surface area contributed by atoms with E-state index in [-0.39, 0.29) is 18.7 Å². The molecule has 1 aliphatic heterocycles. The summed E-state index contributed by atoms with van der Waals surface area (Å²) in [6.45, 7) is 1.94. The Morgan fingerprint density at radius 3 is 2.92 bits per heavy atom. The SMILES string of the molecule is CCOC(=O)C1=NOC(C(N)=O)C1. The van der Waals surface area contributed by atoms with Crippen molar-refractivity contribution in [1.82, 2.24) is 0 Å². The Balaban J connectivity index is 2.48. The van der Waals surface area contributed by atoms with Crippen molar-refractivity contribution in [2.24, 2.45) is 10.9 Å². The molecule has 0 saturated carbocycles. The second-order valence-electron chi connectivity index (χ2n) is 2.46. The van der Waals surface area contributed by atoms with Crippen molar-refractivity contribution in [3.05, 3.63) is 0 Å². The summed E-state index contributed by atoms with van der Waals surface area (Å²) in [6.07, 6.45) is -0.742. The minimum Gasteiger partial charge on any atom is -0.461 e. The zero-order valence-electron chi connectivity index (χ0n) is 7.15. The lowest BCUT2D eigenvalue weighted by Gasteiger charge is -2.00. The van der Waals surface area contributed by atoms with Gasteiger partial charge in [0, 0.05) is 6.42 Å². The number of carbonyl (C=O) groups is 2. The van der Waals surface area contributed by atoms with Crippen LogP contribution in [-0.4, -0.2) is 30.3 Å². The zero-order chi connectivity index (χ0) is 9.84. The van der Waals surface area contributed by atoms with Crippen LogP contribution in [0.5, 0.6) is 0 Å². The molecule has 0 aromatic heterocycles. The van der Waals surface area contributed by atoms with E-state index in [2.05, 4.69) is 14.7 Å². The van der Waals surface area contributed by atoms with Crippen LogP contribution in [0.4, 0.5) is 0 Å². The summed E-state index contributed by atoms with van der Waals surface area (Å²) < 4.78 is 4.65. The van der Waals surface area contributed by atoms with Crippen molar-refractivity contribution in [3.63, 3.8) is 0 Å². The number of primary amides is 1. The van der Waals surface area contributed by atoms with Crippen LogP contribution in [0.1, 0.15) is 13.3 Å². The van der Waals surface area contributed by atoms with Crippen LogP contribution < -0.4 is 5.73 Å². The van der Waals surface area contributed by atoms with Crippen molar-refractivity contribution >= 4 is 17.6 Å². The first kappa shape index (κ1) is 9.50. The van der Waals surface area contributed by atoms with Gasteiger partial charge in [-0.25, -0.2) is 4.79 Å². The number of carbonyl (C=O) groups excluding carboxylic acids is 2. The molecule has 6 nitrogen and oxygen atoms in total. The van der Waals surface area contributed by atoms with Gasteiger partial charge in [0.1, 0.15) is 0 Å². The molecular weight excluding hydrogens is 176 g/mol. The number of esters is 1. The molecule has 0 spiro atoms. The maximum atomic E-state index is 11.0. The Morgan fingerprint density at radius 1 is 1.77 bits per heavy atom. The van der Waals surface area contributed by atoms with Crippen molar-refractivity contribution in [1.29, 1.82) is 0 Å². The largest absolute Gasteiger partial charge is 0.461 e. The van der Waals surface area contributed by atoms with Gasteiger partial charge < -0.3 is 15.3 Å². The monoisotopic (exact) mass is 186 g/mol. The molecule has 2 N–H and O–H groups in total. The van der Waals surface area contributed by atoms with Crippen LogP contribution in [0.2, 0.25) is 0 Å².